The van der Waals surface area contributed by atoms with Gasteiger partial charge in [-0.3, -0.25) is 4.98 Å². The minimum absolute atomic E-state index is 0.302. The highest BCUT2D eigenvalue weighted by atomic mass is 14.9. The first-order valence-electron chi connectivity index (χ1n) is 6.18. The van der Waals surface area contributed by atoms with Crippen LogP contribution in [0.25, 0.3) is 0 Å². The van der Waals surface area contributed by atoms with Gasteiger partial charge in [0.1, 0.15) is 5.82 Å². The van der Waals surface area contributed by atoms with E-state index in [1.807, 2.05) is 0 Å². The van der Waals surface area contributed by atoms with E-state index in [2.05, 4.69) is 9.97 Å². The van der Waals surface area contributed by atoms with Gasteiger partial charge < -0.3 is 5.73 Å². The van der Waals surface area contributed by atoms with Crippen LogP contribution in [-0.2, 0) is 0 Å². The molecule has 0 spiro atoms. The molecule has 0 amide bonds. The molecule has 0 aromatic carbocycles. The molecule has 1 aliphatic carbocycles. The smallest absolute Gasteiger partial charge is 0.141 e. The third kappa shape index (κ3) is 0.943. The van der Waals surface area contributed by atoms with Crippen molar-refractivity contribution >= 4 is 5.82 Å². The topological polar surface area (TPSA) is 51.8 Å². The summed E-state index contributed by atoms with van der Waals surface area (Å²) in [7, 11) is 0. The van der Waals surface area contributed by atoms with E-state index in [0.717, 1.165) is 0 Å². The van der Waals surface area contributed by atoms with Crippen LogP contribution in [0, 0.1) is 0 Å². The second-order valence-electron chi connectivity index (χ2n) is 1.81. The average Bonchev–Trinajstić information content (AvgIpc) is 2.51. The minimum atomic E-state index is -2.47. The van der Waals surface area contributed by atoms with Crippen LogP contribution in [0.4, 0.5) is 5.82 Å². The van der Waals surface area contributed by atoms with Gasteiger partial charge in [-0.1, -0.05) is 0 Å². The largest absolute Gasteiger partial charge is 0.382 e. The molecule has 3 heteroatoms. The molecule has 1 fully saturated rings. The number of nitrogens with zero attached hydrogens (tertiary/aromatic N) is 2. The van der Waals surface area contributed by atoms with Crippen LogP contribution in [0.15, 0.2) is 12.3 Å². The summed E-state index contributed by atoms with van der Waals surface area (Å²) >= 11 is 0. The zero-order chi connectivity index (χ0) is 13.2. The Bertz CT molecular complexity index is 486. The van der Waals surface area contributed by atoms with E-state index in [4.69, 9.17) is 15.3 Å². The zero-order valence-electron chi connectivity index (χ0n) is 12.0. The molecule has 1 aromatic heterocycles. The van der Waals surface area contributed by atoms with Gasteiger partial charge in [0, 0.05) is 12.7 Å². The minimum Gasteiger partial charge on any atom is -0.382 e. The van der Waals surface area contributed by atoms with Gasteiger partial charge in [0.25, 0.3) is 0 Å². The van der Waals surface area contributed by atoms with Crippen LogP contribution < -0.4 is 5.73 Å². The fourth-order valence-corrected chi connectivity index (χ4v) is 0.538. The van der Waals surface area contributed by atoms with Crippen molar-refractivity contribution in [3.05, 3.63) is 18.0 Å². The van der Waals surface area contributed by atoms with Crippen molar-refractivity contribution in [3.8, 4) is 0 Å². The molecule has 0 atom stereocenters. The van der Waals surface area contributed by atoms with Gasteiger partial charge in [-0.2, -0.15) is 0 Å². The average molecular weight is 142 g/mol. The van der Waals surface area contributed by atoms with Crippen LogP contribution in [0.5, 0.6) is 0 Å². The molecule has 1 aliphatic rings. The van der Waals surface area contributed by atoms with Gasteiger partial charge in [-0.25, -0.2) is 4.98 Å². The standard InChI is InChI=1S/C7H9N3/c8-7-4-9-6(3-10-7)5-1-2-5/h3-5H,1-2H2,(H2,8,10)/i1D2,2D2,3D,4D,5D. The van der Waals surface area contributed by atoms with Crippen molar-refractivity contribution < 1.29 is 9.60 Å². The summed E-state index contributed by atoms with van der Waals surface area (Å²) in [4.78, 5) is 6.97. The predicted octanol–water partition coefficient (Wildman–Crippen LogP) is 0.936. The summed E-state index contributed by atoms with van der Waals surface area (Å²) in [5, 5.41) is 0. The van der Waals surface area contributed by atoms with Crippen LogP contribution in [-0.4, -0.2) is 9.97 Å². The fraction of sp³-hybridized carbons (Fsp3) is 0.429. The van der Waals surface area contributed by atoms with Gasteiger partial charge in [0.2, 0.25) is 0 Å². The Kier molecular flexibility index (Phi) is 0.375. The molecule has 0 aliphatic heterocycles. The van der Waals surface area contributed by atoms with Gasteiger partial charge in [-0.15, -0.1) is 0 Å². The molecule has 10 heavy (non-hydrogen) atoms. The van der Waals surface area contributed by atoms with E-state index in [9.17, 15) is 0 Å². The zero-order valence-corrected chi connectivity index (χ0v) is 4.97. The van der Waals surface area contributed by atoms with E-state index < -0.39 is 36.7 Å². The second-order valence-corrected chi connectivity index (χ2v) is 1.81. The molecule has 1 heterocycles. The Morgan fingerprint density at radius 1 is 1.70 bits per heavy atom. The molecule has 0 bridgehead atoms. The van der Waals surface area contributed by atoms with Crippen molar-refractivity contribution in [1.82, 2.24) is 9.97 Å². The number of aromatic nitrogens is 2. The van der Waals surface area contributed by atoms with Crippen molar-refractivity contribution in [3.63, 3.8) is 0 Å². The Morgan fingerprint density at radius 2 is 2.50 bits per heavy atom. The lowest BCUT2D eigenvalue weighted by Gasteiger charge is -1.94. The normalized spacial score (nSPS) is 40.6. The monoisotopic (exact) mass is 142 g/mol. The Morgan fingerprint density at radius 3 is 3.20 bits per heavy atom. The molecule has 2 N–H and O–H groups in total. The molecule has 0 radical (unpaired) electrons. The molecule has 52 valence electrons. The quantitative estimate of drug-likeness (QED) is 0.634. The van der Waals surface area contributed by atoms with Crippen LogP contribution in [0.3, 0.4) is 0 Å². The highest BCUT2D eigenvalue weighted by Gasteiger charge is 2.24. The predicted molar refractivity (Wildman–Crippen MR) is 38.4 cm³/mol. The van der Waals surface area contributed by atoms with Gasteiger partial charge >= 0.3 is 0 Å². The maximum absolute atomic E-state index is 7.80. The maximum atomic E-state index is 7.80. The second kappa shape index (κ2) is 1.94. The molecular weight excluding hydrogens is 126 g/mol. The van der Waals surface area contributed by atoms with Crippen molar-refractivity contribution in [2.24, 2.45) is 0 Å². The van der Waals surface area contributed by atoms with Crippen LogP contribution >= 0.6 is 0 Å². The van der Waals surface area contributed by atoms with Gasteiger partial charge in [0.05, 0.1) is 20.8 Å². The van der Waals surface area contributed by atoms with E-state index in [1.165, 1.54) is 0 Å². The fourth-order valence-electron chi connectivity index (χ4n) is 0.538. The number of nitrogen functional groups attached to an aromatic ring is 1. The summed E-state index contributed by atoms with van der Waals surface area (Å²) in [5.74, 6) is -2.61. The number of hydrogen-bond acceptors (Lipinski definition) is 3. The maximum Gasteiger partial charge on any atom is 0.141 e. The molecule has 2 rings (SSSR count). The molecule has 3 nitrogen and oxygen atoms in total. The number of nitrogens with two attached hydrogens (primary N) is 1. The van der Waals surface area contributed by atoms with Crippen molar-refractivity contribution in [2.45, 2.75) is 18.6 Å². The third-order valence-corrected chi connectivity index (χ3v) is 1.05. The lowest BCUT2D eigenvalue weighted by Crippen LogP contribution is -1.93. The number of hydrogen-bond donors (Lipinski definition) is 1. The molecular formula is C7H9N3. The summed E-state index contributed by atoms with van der Waals surface area (Å²) < 4.78 is 52.3. The molecule has 1 aromatic rings. The van der Waals surface area contributed by atoms with Crippen molar-refractivity contribution in [2.75, 3.05) is 5.73 Å². The van der Waals surface area contributed by atoms with E-state index >= 15 is 0 Å². The summed E-state index contributed by atoms with van der Waals surface area (Å²) in [6.45, 7) is 0. The van der Waals surface area contributed by atoms with Gasteiger partial charge in [-0.05, 0) is 12.7 Å². The van der Waals surface area contributed by atoms with E-state index in [0.29, 0.717) is 0 Å². The van der Waals surface area contributed by atoms with Crippen LogP contribution in [0.1, 0.15) is 33.9 Å². The molecule has 0 saturated heterocycles. The van der Waals surface area contributed by atoms with E-state index in [-0.39, 0.29) is 5.82 Å². The Hall–Kier alpha value is -1.12. The van der Waals surface area contributed by atoms with Gasteiger partial charge in [0.15, 0.2) is 0 Å². The SMILES string of the molecule is [2H]c1nc(C2([2H])C([2H])([2H])C2([2H])[2H])c([2H])nc1N. The third-order valence-electron chi connectivity index (χ3n) is 1.05. The number of anilines is 1. The first-order chi connectivity index (χ1) is 7.57. The first-order valence-corrected chi connectivity index (χ1v) is 2.68. The lowest BCUT2D eigenvalue weighted by atomic mass is 10.3. The lowest BCUT2D eigenvalue weighted by molar-refractivity contribution is 0.992. The summed E-state index contributed by atoms with van der Waals surface area (Å²) in [5.41, 5.74) is 4.76. The van der Waals surface area contributed by atoms with Crippen molar-refractivity contribution in [1.29, 1.82) is 0 Å². The highest BCUT2D eigenvalue weighted by Crippen LogP contribution is 2.38. The number of rotatable bonds is 1. The molecule has 1 saturated carbocycles. The van der Waals surface area contributed by atoms with E-state index in [1.54, 1.807) is 0 Å². The molecule has 0 unspecified atom stereocenters. The first kappa shape index (κ1) is 1.94. The summed E-state index contributed by atoms with van der Waals surface area (Å²) in [6, 6.07) is 0. The summed E-state index contributed by atoms with van der Waals surface area (Å²) in [6.07, 6.45) is -5.99. The highest BCUT2D eigenvalue weighted by molar-refractivity contribution is 5.24. The Labute approximate surface area is 69.1 Å². The van der Waals surface area contributed by atoms with Crippen LogP contribution in [0.2, 0.25) is 0 Å². The Balaban J connectivity index is 2.62.